The second-order valence-corrected chi connectivity index (χ2v) is 10.5. The van der Waals surface area contributed by atoms with Gasteiger partial charge in [0.2, 0.25) is 0 Å². The predicted octanol–water partition coefficient (Wildman–Crippen LogP) is 7.57. The quantitative estimate of drug-likeness (QED) is 0.159. The van der Waals surface area contributed by atoms with Crippen LogP contribution >= 0.6 is 22.9 Å². The van der Waals surface area contributed by atoms with Crippen LogP contribution in [-0.2, 0) is 19.0 Å². The first kappa shape index (κ1) is 26.7. The summed E-state index contributed by atoms with van der Waals surface area (Å²) in [5, 5.41) is 19.1. The van der Waals surface area contributed by atoms with Crippen LogP contribution < -0.4 is 10.1 Å². The van der Waals surface area contributed by atoms with E-state index >= 15 is 0 Å². The number of anilines is 1. The van der Waals surface area contributed by atoms with E-state index in [-0.39, 0.29) is 28.5 Å². The first-order valence-electron chi connectivity index (χ1n) is 12.2. The monoisotopic (exact) mass is 599 g/mol. The summed E-state index contributed by atoms with van der Waals surface area (Å²) in [5.41, 5.74) is -0.127. The summed E-state index contributed by atoms with van der Waals surface area (Å²) in [6, 6.07) is 13.3. The number of amides is 1. The molecule has 1 aliphatic rings. The minimum absolute atomic E-state index is 0.0145. The van der Waals surface area contributed by atoms with E-state index in [2.05, 4.69) is 15.4 Å². The Balaban J connectivity index is 1.35. The molecule has 0 atom stereocenters. The zero-order chi connectivity index (χ0) is 28.9. The Kier molecular flexibility index (Phi) is 6.62. The summed E-state index contributed by atoms with van der Waals surface area (Å²) in [4.78, 5) is 28.8. The normalized spacial score (nSPS) is 12.9. The highest BCUT2D eigenvalue weighted by Crippen LogP contribution is 2.36. The van der Waals surface area contributed by atoms with E-state index < -0.39 is 33.4 Å². The van der Waals surface area contributed by atoms with E-state index in [1.165, 1.54) is 29.0 Å². The molecular weight excluding hydrogens is 583 g/mol. The van der Waals surface area contributed by atoms with E-state index in [1.807, 2.05) is 12.1 Å². The number of carbonyl (C=O) groups is 1. The topological polar surface area (TPSA) is 112 Å². The molecule has 6 rings (SSSR count). The molecule has 41 heavy (non-hydrogen) atoms. The average Bonchev–Trinajstić information content (AvgIpc) is 3.68. The summed E-state index contributed by atoms with van der Waals surface area (Å²) < 4.78 is 48.1. The van der Waals surface area contributed by atoms with Crippen LogP contribution in [0, 0.1) is 10.1 Å². The van der Waals surface area contributed by atoms with Crippen LogP contribution in [0.15, 0.2) is 60.0 Å². The fourth-order valence-corrected chi connectivity index (χ4v) is 5.58. The number of hydrogen-bond donors (Lipinski definition) is 1. The molecule has 3 heterocycles. The zero-order valence-corrected chi connectivity index (χ0v) is 22.3. The van der Waals surface area contributed by atoms with Gasteiger partial charge in [-0.25, -0.2) is 9.50 Å². The van der Waals surface area contributed by atoms with E-state index in [9.17, 15) is 28.1 Å². The van der Waals surface area contributed by atoms with Gasteiger partial charge in [-0.05, 0) is 60.0 Å². The summed E-state index contributed by atoms with van der Waals surface area (Å²) in [5.74, 6) is -0.440. The van der Waals surface area contributed by atoms with Gasteiger partial charge in [-0.1, -0.05) is 23.7 Å². The number of benzene rings is 2. The number of thiophene rings is 1. The molecule has 0 fully saturated rings. The second-order valence-electron chi connectivity index (χ2n) is 9.21. The van der Waals surface area contributed by atoms with Gasteiger partial charge in [-0.2, -0.15) is 18.3 Å². The van der Waals surface area contributed by atoms with Crippen LogP contribution in [0.1, 0.15) is 33.7 Å². The van der Waals surface area contributed by atoms with Crippen molar-refractivity contribution in [3.63, 3.8) is 0 Å². The number of rotatable bonds is 6. The number of aromatic nitrogens is 3. The summed E-state index contributed by atoms with van der Waals surface area (Å²) in [7, 11) is 0. The van der Waals surface area contributed by atoms with E-state index in [4.69, 9.17) is 16.3 Å². The predicted molar refractivity (Wildman–Crippen MR) is 146 cm³/mol. The number of alkyl halides is 3. The van der Waals surface area contributed by atoms with Gasteiger partial charge in [0.25, 0.3) is 11.6 Å². The Hall–Kier alpha value is -4.49. The number of nitrogens with zero attached hydrogens (tertiary/aromatic N) is 4. The van der Waals surface area contributed by atoms with E-state index in [0.717, 1.165) is 37.0 Å². The van der Waals surface area contributed by atoms with Gasteiger partial charge in [0.1, 0.15) is 16.5 Å². The van der Waals surface area contributed by atoms with Gasteiger partial charge in [0.15, 0.2) is 17.0 Å². The maximum Gasteiger partial charge on any atom is 0.433 e. The van der Waals surface area contributed by atoms with Crippen molar-refractivity contribution in [2.24, 2.45) is 0 Å². The molecule has 0 radical (unpaired) electrons. The zero-order valence-electron chi connectivity index (χ0n) is 20.7. The number of nitro benzene ring substituents is 1. The maximum atomic E-state index is 13.9. The van der Waals surface area contributed by atoms with Gasteiger partial charge in [0.05, 0.1) is 27.2 Å². The van der Waals surface area contributed by atoms with Crippen LogP contribution in [0.5, 0.6) is 11.5 Å². The first-order valence-corrected chi connectivity index (χ1v) is 13.4. The SMILES string of the molecule is O=C(Nc1cc(Oc2ccc3c(c2)CCC3)cc([N+](=O)[O-])c1)c1nn2c(C(F)(F)F)cc(-c3cccs3)nc2c1Cl. The van der Waals surface area contributed by atoms with Crippen molar-refractivity contribution in [3.05, 3.63) is 97.6 Å². The number of carbonyl (C=O) groups excluding carboxylic acids is 1. The van der Waals surface area contributed by atoms with Gasteiger partial charge in [-0.3, -0.25) is 14.9 Å². The van der Waals surface area contributed by atoms with Crippen LogP contribution in [0.4, 0.5) is 24.5 Å². The lowest BCUT2D eigenvalue weighted by atomic mass is 10.1. The highest BCUT2D eigenvalue weighted by Gasteiger charge is 2.37. The first-order chi connectivity index (χ1) is 19.6. The third-order valence-electron chi connectivity index (χ3n) is 6.48. The van der Waals surface area contributed by atoms with Gasteiger partial charge in [0, 0.05) is 12.1 Å². The highest BCUT2D eigenvalue weighted by atomic mass is 35.5. The Bertz CT molecular complexity index is 1840. The minimum Gasteiger partial charge on any atom is -0.457 e. The minimum atomic E-state index is -4.83. The van der Waals surface area contributed by atoms with Crippen molar-refractivity contribution in [1.82, 2.24) is 14.6 Å². The molecule has 0 bridgehead atoms. The Labute approximate surface area is 238 Å². The fourth-order valence-electron chi connectivity index (χ4n) is 4.65. The molecule has 0 aliphatic heterocycles. The van der Waals surface area contributed by atoms with E-state index in [0.29, 0.717) is 15.1 Å². The van der Waals surface area contributed by atoms with Crippen molar-refractivity contribution in [2.75, 3.05) is 5.32 Å². The number of nitro groups is 1. The molecule has 208 valence electrons. The average molecular weight is 600 g/mol. The third kappa shape index (κ3) is 5.21. The lowest BCUT2D eigenvalue weighted by Crippen LogP contribution is -2.16. The van der Waals surface area contributed by atoms with Crippen LogP contribution in [0.3, 0.4) is 0 Å². The van der Waals surface area contributed by atoms with Crippen LogP contribution in [-0.4, -0.2) is 25.4 Å². The molecule has 14 heteroatoms. The molecule has 0 saturated carbocycles. The molecule has 9 nitrogen and oxygen atoms in total. The molecule has 0 unspecified atom stereocenters. The Morgan fingerprint density at radius 3 is 2.63 bits per heavy atom. The Morgan fingerprint density at radius 2 is 1.90 bits per heavy atom. The number of ether oxygens (including phenoxy) is 1. The van der Waals surface area contributed by atoms with Crippen LogP contribution in [0.25, 0.3) is 16.2 Å². The highest BCUT2D eigenvalue weighted by molar-refractivity contribution is 7.13. The molecule has 2 aromatic carbocycles. The lowest BCUT2D eigenvalue weighted by molar-refractivity contribution is -0.384. The van der Waals surface area contributed by atoms with Crippen molar-refractivity contribution in [2.45, 2.75) is 25.4 Å². The van der Waals surface area contributed by atoms with E-state index in [1.54, 1.807) is 23.6 Å². The van der Waals surface area contributed by atoms with Crippen molar-refractivity contribution < 1.29 is 27.6 Å². The van der Waals surface area contributed by atoms with Crippen molar-refractivity contribution >= 4 is 45.9 Å². The lowest BCUT2D eigenvalue weighted by Gasteiger charge is -2.10. The van der Waals surface area contributed by atoms with Gasteiger partial charge in [-0.15, -0.1) is 11.3 Å². The molecule has 0 saturated heterocycles. The number of non-ortho nitro benzene ring substituents is 1. The number of fused-ring (bicyclic) bond motifs is 2. The Morgan fingerprint density at radius 1 is 1.10 bits per heavy atom. The number of aryl methyl sites for hydroxylation is 2. The van der Waals surface area contributed by atoms with Crippen molar-refractivity contribution in [3.8, 4) is 22.1 Å². The number of hydrogen-bond acceptors (Lipinski definition) is 7. The summed E-state index contributed by atoms with van der Waals surface area (Å²) in [6.07, 6.45) is -1.92. The smallest absolute Gasteiger partial charge is 0.433 e. The molecule has 1 N–H and O–H groups in total. The molecule has 1 amide bonds. The maximum absolute atomic E-state index is 13.9. The molecule has 0 spiro atoms. The molecule has 5 aromatic rings. The largest absolute Gasteiger partial charge is 0.457 e. The number of halogens is 4. The molecular formula is C27H17ClF3N5O4S. The summed E-state index contributed by atoms with van der Waals surface area (Å²) in [6.45, 7) is 0. The third-order valence-corrected chi connectivity index (χ3v) is 7.72. The second kappa shape index (κ2) is 10.2. The fraction of sp³-hybridized carbons (Fsp3) is 0.148. The van der Waals surface area contributed by atoms with Crippen LogP contribution in [0.2, 0.25) is 5.02 Å². The number of nitrogens with one attached hydrogen (secondary N) is 1. The summed E-state index contributed by atoms with van der Waals surface area (Å²) >= 11 is 7.52. The molecule has 3 aromatic heterocycles. The van der Waals surface area contributed by atoms with Gasteiger partial charge < -0.3 is 10.1 Å². The molecule has 1 aliphatic carbocycles. The van der Waals surface area contributed by atoms with Crippen molar-refractivity contribution in [1.29, 1.82) is 0 Å². The standard InChI is InChI=1S/C27H17ClF3N5O4S/c28-23-24(34-35-22(27(29,30)31)13-20(33-25(23)35)21-5-2-8-41-21)26(37)32-16-10-17(36(38)39)12-19(11-16)40-18-7-6-14-3-1-4-15(14)9-18/h2,5-13H,1,3-4H2,(H,32,37). The van der Waals surface area contributed by atoms with Gasteiger partial charge >= 0.3 is 6.18 Å².